The van der Waals surface area contributed by atoms with Crippen molar-refractivity contribution in [1.82, 2.24) is 49.3 Å². The number of nitrogens with one attached hydrogen (secondary N) is 2. The summed E-state index contributed by atoms with van der Waals surface area (Å²) in [5.41, 5.74) is 18.8. The number of hydrogen-bond acceptors (Lipinski definition) is 23. The average Bonchev–Trinajstić information content (AvgIpc) is 1.28. The molecule has 1 saturated carbocycles. The third kappa shape index (κ3) is 156. The highest BCUT2D eigenvalue weighted by atomic mass is 28.4. The smallest absolute Gasteiger partial charge is 0.397 e. The Labute approximate surface area is 863 Å². The van der Waals surface area contributed by atoms with Gasteiger partial charge in [0.1, 0.15) is 0 Å². The van der Waals surface area contributed by atoms with E-state index in [1.807, 2.05) is 82.6 Å². The molecule has 2 aromatic heterocycles. The number of likely N-dealkylation sites (N-methyl/N-ethyl adjacent to an activating group) is 1. The van der Waals surface area contributed by atoms with Gasteiger partial charge in [0.25, 0.3) is 0 Å². The summed E-state index contributed by atoms with van der Waals surface area (Å²) in [6, 6.07) is 12.1. The van der Waals surface area contributed by atoms with Gasteiger partial charge in [-0.3, -0.25) is 4.90 Å². The lowest BCUT2D eigenvalue weighted by atomic mass is 9.91. The van der Waals surface area contributed by atoms with Gasteiger partial charge >= 0.3 is 17.6 Å². The minimum Gasteiger partial charge on any atom is -0.397 e. The van der Waals surface area contributed by atoms with Crippen LogP contribution in [0.5, 0.6) is 0 Å². The number of nitrogens with zero attached hydrogens (tertiary/aromatic N) is 8. The molecule has 13 N–H and O–H groups in total. The van der Waals surface area contributed by atoms with Gasteiger partial charge in [-0.05, 0) is 195 Å². The predicted octanol–water partition coefficient (Wildman–Crippen LogP) is 25.4. The minimum atomic E-state index is -2.32. The fourth-order valence-corrected chi connectivity index (χ4v) is 16.4. The second kappa shape index (κ2) is 159. The molecular formula is C110H261N13O12Si2. The topological polar surface area (TPSA) is 319 Å². The highest BCUT2D eigenvalue weighted by Crippen LogP contribution is 2.22. The molecule has 25 nitrogen and oxygen atoms in total. The summed E-state index contributed by atoms with van der Waals surface area (Å²) in [7, 11) is 0.388. The lowest BCUT2D eigenvalue weighted by molar-refractivity contribution is 0.0707. The number of aliphatic hydroxyl groups is 5. The van der Waals surface area contributed by atoms with Crippen molar-refractivity contribution < 1.29 is 56.8 Å². The first-order valence-corrected chi connectivity index (χ1v) is 55.7. The zero-order valence-corrected chi connectivity index (χ0v) is 92.9. The van der Waals surface area contributed by atoms with Crippen molar-refractivity contribution in [2.45, 2.75) is 431 Å². The van der Waals surface area contributed by atoms with E-state index in [1.54, 1.807) is 34.6 Å². The zero-order chi connectivity index (χ0) is 100. The summed E-state index contributed by atoms with van der Waals surface area (Å²) >= 11 is 0. The largest absolute Gasteiger partial charge is 0.500 e. The van der Waals surface area contributed by atoms with Gasteiger partial charge in [-0.1, -0.05) is 311 Å². The van der Waals surface area contributed by atoms with E-state index in [4.69, 9.17) is 74.0 Å². The molecule has 137 heavy (non-hydrogen) atoms. The number of aryl methyl sites for hydroxylation is 3. The third-order valence-corrected chi connectivity index (χ3v) is 24.5. The van der Waals surface area contributed by atoms with Crippen LogP contribution in [0.25, 0.3) is 0 Å². The quantitative estimate of drug-likeness (QED) is 0.0185. The lowest BCUT2D eigenvalue weighted by Crippen LogP contribution is -2.45. The first kappa shape index (κ1) is 179. The number of aliphatic hydroxyl groups excluding tert-OH is 5. The van der Waals surface area contributed by atoms with Crippen LogP contribution >= 0.6 is 0 Å². The summed E-state index contributed by atoms with van der Waals surface area (Å²) < 4.78 is 40.1. The normalized spacial score (nSPS) is 11.5. The van der Waals surface area contributed by atoms with E-state index < -0.39 is 23.7 Å². The number of aromatic amines is 1. The Hall–Kier alpha value is -2.77. The molecule has 27 heteroatoms. The standard InChI is InChI=1S/C10H24O3Si.C9H21N.C8H18N2.C8H20N2.C7H19N3.2C7H12N2.C7H18O3Si.C7H14.C7H8.C6H15NO2.C6H14O.C4H10O2.C4H10.C3H8.C2H6O.8CH4/c1-5-9-10-14(11-6-2,12-7-3)13-8-4;1-4-7-10(8-5-2)9-6-3;1-2-3-6-10-7-4-9-5-8-10;1-3-6-10(7-4-2)8-5-9;1-2-5-10(6-3-8)7-4-9;1-2-3-5-9-6-4-8-7-9;1-2-3-4-7-5-8-6-9-7;1-5-6-7-11(8-2,9-3)10-4;2*1-7-5-3-2-4-6-7;1-2-7(3-5-8)4-6-9;1-3-5-7-6-4-2;1-2-4(6)3-5;1-4(2)3;1-3-2;1-2-3;;;;;;;;/h5-10H2,1-4H3;4-9H2,1-3H3;9H,2-8H2,1H3;3-9H2,1-2H3;2-9H2,1H3;4,6-7H,2-3,5H2,1H3;5-6H,2-4H2,1H3,(H,8,9);5-7H2,1-4H3;7H,2-6H2,1H3;2-6H,1H3;8-9H,2-6H2,1H3;3-6H2,1-2H3;4-6H,2-3H2,1H3;4H,1-3H3;3H2,1-2H3;3H,2H2,1H3;8*1H4. The number of aromatic nitrogens is 4. The second-order valence-corrected chi connectivity index (χ2v) is 38.4. The van der Waals surface area contributed by atoms with Crippen molar-refractivity contribution in [3.05, 3.63) is 72.8 Å². The van der Waals surface area contributed by atoms with Crippen LogP contribution in [-0.4, -0.2) is 305 Å². The van der Waals surface area contributed by atoms with Crippen molar-refractivity contribution in [3.8, 4) is 0 Å². The number of hydrogen-bond donors (Lipinski definition) is 10. The number of benzene rings is 1. The summed E-state index contributed by atoms with van der Waals surface area (Å²) in [6.45, 7) is 81.7. The Kier molecular flexibility index (Phi) is 208. The molecule has 1 saturated heterocycles. The fourth-order valence-electron chi connectivity index (χ4n) is 11.7. The molecule has 0 amide bonds. The number of rotatable bonds is 53. The van der Waals surface area contributed by atoms with Crippen LogP contribution < -0.4 is 22.5 Å². The SMILES string of the molecule is C.C.C.C.C.C.C.C.CC(C)C.CC1CCCCC1.CCC.CCC(O)CO.CCCCN1CCNCC1.CCCC[Si](OC)(OC)OC.CCCC[Si](OCC)(OCC)OCC.CCCCc1cnc[nH]1.CCCCn1ccnc1.CCCN(CCC)CCC.CCCN(CCC)CCN.CCCN(CCN)CCN.CCCOCCC.CCN(CCO)CCO.CCO.Cc1ccccc1. The van der Waals surface area contributed by atoms with Crippen molar-refractivity contribution in [3.63, 3.8) is 0 Å². The van der Waals surface area contributed by atoms with Gasteiger partial charge in [-0.15, -0.1) is 0 Å². The molecular weight excluding hydrogens is 1750 g/mol. The van der Waals surface area contributed by atoms with E-state index in [2.05, 4.69) is 195 Å². The van der Waals surface area contributed by atoms with Crippen molar-refractivity contribution in [1.29, 1.82) is 0 Å². The molecule has 2 aliphatic rings. The van der Waals surface area contributed by atoms with E-state index in [9.17, 15) is 0 Å². The van der Waals surface area contributed by atoms with E-state index in [0.29, 0.717) is 39.3 Å². The molecule has 3 heterocycles. The number of imidazole rings is 2. The molecule has 0 bridgehead atoms. The molecule has 846 valence electrons. The maximum Gasteiger partial charge on any atom is 0.500 e. The van der Waals surface area contributed by atoms with Crippen LogP contribution in [0, 0.1) is 18.8 Å². The van der Waals surface area contributed by atoms with Crippen LogP contribution in [0.2, 0.25) is 12.1 Å². The minimum absolute atomic E-state index is 0. The van der Waals surface area contributed by atoms with Gasteiger partial charge in [0.05, 0.1) is 38.6 Å². The number of H-pyrrole nitrogens is 1. The molecule has 2 fully saturated rings. The summed E-state index contributed by atoms with van der Waals surface area (Å²) in [5.74, 6) is 1.87. The van der Waals surface area contributed by atoms with Gasteiger partial charge in [0.15, 0.2) is 0 Å². The van der Waals surface area contributed by atoms with Gasteiger partial charge in [-0.2, -0.15) is 0 Å². The Balaban J connectivity index is -0.0000000641. The number of piperazine rings is 1. The van der Waals surface area contributed by atoms with Crippen LogP contribution in [0.4, 0.5) is 0 Å². The Morgan fingerprint density at radius 2 is 0.839 bits per heavy atom. The summed E-state index contributed by atoms with van der Waals surface area (Å²) in [6.07, 6.45) is 41.2. The molecule has 1 aromatic carbocycles. The highest BCUT2D eigenvalue weighted by molar-refractivity contribution is 6.61. The van der Waals surface area contributed by atoms with Crippen molar-refractivity contribution in [2.24, 2.45) is 29.0 Å². The molecule has 1 aliphatic heterocycles. The van der Waals surface area contributed by atoms with Crippen LogP contribution in [0.1, 0.15) is 404 Å². The molecule has 3 aromatic rings. The van der Waals surface area contributed by atoms with Gasteiger partial charge in [-0.25, -0.2) is 9.97 Å². The predicted molar refractivity (Wildman–Crippen MR) is 621 cm³/mol. The van der Waals surface area contributed by atoms with Gasteiger partial charge in [0, 0.05) is 182 Å². The number of nitrogens with two attached hydrogens (primary N) is 3. The first-order chi connectivity index (χ1) is 62.2. The third-order valence-electron chi connectivity index (χ3n) is 18.5. The van der Waals surface area contributed by atoms with E-state index in [0.717, 1.165) is 141 Å². The second-order valence-electron chi connectivity index (χ2n) is 32.5. The maximum absolute atomic E-state index is 8.47. The monoisotopic (exact) mass is 2010 g/mol. The van der Waals surface area contributed by atoms with Crippen LogP contribution in [0.15, 0.2) is 61.6 Å². The number of unbranched alkanes of at least 4 members (excludes halogenated alkanes) is 5. The Bertz CT molecular complexity index is 2080. The lowest BCUT2D eigenvalue weighted by Gasteiger charge is -2.28. The molecule has 1 aliphatic carbocycles. The van der Waals surface area contributed by atoms with Crippen LogP contribution in [-0.2, 0) is 44.3 Å². The summed E-state index contributed by atoms with van der Waals surface area (Å²) in [5, 5.41) is 44.4. The van der Waals surface area contributed by atoms with Gasteiger partial charge < -0.3 is 108 Å². The Morgan fingerprint density at radius 3 is 1.09 bits per heavy atom. The molecule has 1 atom stereocenters. The zero-order valence-electron chi connectivity index (χ0n) is 90.9. The van der Waals surface area contributed by atoms with E-state index in [1.165, 1.54) is 192 Å². The van der Waals surface area contributed by atoms with Gasteiger partial charge in [0.2, 0.25) is 0 Å². The molecule has 1 unspecified atom stereocenters. The van der Waals surface area contributed by atoms with E-state index in [-0.39, 0.29) is 85.8 Å². The fraction of sp³-hybridized carbons (Fsp3) is 0.891. The average molecular weight is 2010 g/mol. The molecule has 0 radical (unpaired) electrons. The molecule has 5 rings (SSSR count). The van der Waals surface area contributed by atoms with Crippen molar-refractivity contribution >= 4 is 17.6 Å². The van der Waals surface area contributed by atoms with Crippen molar-refractivity contribution in [2.75, 3.05) is 212 Å². The first-order valence-electron chi connectivity index (χ1n) is 51.9. The van der Waals surface area contributed by atoms with Crippen LogP contribution in [0.3, 0.4) is 0 Å². The highest BCUT2D eigenvalue weighted by Gasteiger charge is 2.39. The maximum atomic E-state index is 8.47. The summed E-state index contributed by atoms with van der Waals surface area (Å²) in [4.78, 5) is 22.7. The molecule has 0 spiro atoms. The number of ether oxygens (including phenoxy) is 1. The van der Waals surface area contributed by atoms with E-state index >= 15 is 0 Å². The Morgan fingerprint density at radius 1 is 0.474 bits per heavy atom.